The van der Waals surface area contributed by atoms with Crippen molar-refractivity contribution in [3.8, 4) is 11.1 Å². The molecule has 0 atom stereocenters. The van der Waals surface area contributed by atoms with E-state index in [0.717, 1.165) is 67.0 Å². The van der Waals surface area contributed by atoms with Crippen molar-refractivity contribution in [2.75, 3.05) is 31.6 Å². The van der Waals surface area contributed by atoms with Gasteiger partial charge in [0.2, 0.25) is 0 Å². The molecule has 0 radical (unpaired) electrons. The lowest BCUT2D eigenvalue weighted by molar-refractivity contribution is 0.00791. The number of ether oxygens (including phenoxy) is 1. The van der Waals surface area contributed by atoms with Crippen LogP contribution in [0.5, 0.6) is 0 Å². The van der Waals surface area contributed by atoms with Crippen LogP contribution in [0.3, 0.4) is 0 Å². The Hall–Kier alpha value is -2.55. The maximum Gasteiger partial charge on any atom is 0.137 e. The lowest BCUT2D eigenvalue weighted by Crippen LogP contribution is -2.46. The van der Waals surface area contributed by atoms with E-state index in [1.54, 1.807) is 11.0 Å². The van der Waals surface area contributed by atoms with Gasteiger partial charge in [-0.2, -0.15) is 5.10 Å². The summed E-state index contributed by atoms with van der Waals surface area (Å²) in [4.78, 5) is 11.6. The van der Waals surface area contributed by atoms with E-state index in [2.05, 4.69) is 31.3 Å². The number of rotatable bonds is 5. The highest BCUT2D eigenvalue weighted by molar-refractivity contribution is 5.92. The van der Waals surface area contributed by atoms with Gasteiger partial charge in [0, 0.05) is 49.4 Å². The second-order valence-corrected chi connectivity index (χ2v) is 8.57. The summed E-state index contributed by atoms with van der Waals surface area (Å²) in [5.41, 5.74) is 3.54. The summed E-state index contributed by atoms with van der Waals surface area (Å²) in [5, 5.41) is 18.7. The molecule has 2 aliphatic rings. The minimum absolute atomic E-state index is 0.0863. The maximum absolute atomic E-state index is 9.67. The summed E-state index contributed by atoms with van der Waals surface area (Å²) < 4.78 is 7.24. The Morgan fingerprint density at radius 3 is 2.71 bits per heavy atom. The van der Waals surface area contributed by atoms with Crippen LogP contribution in [0, 0.1) is 0 Å². The highest BCUT2D eigenvalue weighted by Gasteiger charge is 2.27. The molecule has 0 unspecified atom stereocenters. The third kappa shape index (κ3) is 4.28. The number of nitrogens with one attached hydrogen (secondary N) is 1. The molecule has 2 fully saturated rings. The van der Waals surface area contributed by atoms with Crippen LogP contribution in [0.2, 0.25) is 0 Å². The molecule has 164 valence electrons. The number of aliphatic hydroxyl groups is 1. The molecule has 2 N–H and O–H groups in total. The summed E-state index contributed by atoms with van der Waals surface area (Å²) >= 11 is 0. The number of hydrogen-bond acceptors (Lipinski definition) is 7. The topological polar surface area (TPSA) is 88.3 Å². The summed E-state index contributed by atoms with van der Waals surface area (Å²) in [6, 6.07) is 7.25. The van der Waals surface area contributed by atoms with E-state index in [9.17, 15) is 5.11 Å². The minimum atomic E-state index is -0.0863. The number of anilines is 1. The van der Waals surface area contributed by atoms with Crippen molar-refractivity contribution in [3.63, 3.8) is 0 Å². The molecule has 3 heterocycles. The molecule has 5 rings (SSSR count). The molecule has 3 aromatic rings. The van der Waals surface area contributed by atoms with Crippen LogP contribution in [0.1, 0.15) is 31.4 Å². The average Bonchev–Trinajstić information content (AvgIpc) is 3.21. The van der Waals surface area contributed by atoms with Gasteiger partial charge in [-0.3, -0.25) is 9.58 Å². The first-order valence-electron chi connectivity index (χ1n) is 11.2. The van der Waals surface area contributed by atoms with Gasteiger partial charge in [0.25, 0.3) is 0 Å². The fraction of sp³-hybridized carbons (Fsp3) is 0.522. The molecule has 8 heteroatoms. The quantitative estimate of drug-likeness (QED) is 0.653. The Morgan fingerprint density at radius 2 is 1.94 bits per heavy atom. The van der Waals surface area contributed by atoms with Crippen molar-refractivity contribution in [1.29, 1.82) is 0 Å². The van der Waals surface area contributed by atoms with Gasteiger partial charge < -0.3 is 15.2 Å². The van der Waals surface area contributed by atoms with E-state index in [1.807, 2.05) is 25.4 Å². The first kappa shape index (κ1) is 20.4. The van der Waals surface area contributed by atoms with Gasteiger partial charge >= 0.3 is 0 Å². The number of aromatic nitrogens is 4. The Labute approximate surface area is 182 Å². The zero-order chi connectivity index (χ0) is 21.2. The Bertz CT molecular complexity index is 1040. The summed E-state index contributed by atoms with van der Waals surface area (Å²) in [6.07, 6.45) is 8.28. The van der Waals surface area contributed by atoms with Gasteiger partial charge in [-0.05, 0) is 43.4 Å². The Balaban J connectivity index is 1.34. The Kier molecular flexibility index (Phi) is 5.85. The lowest BCUT2D eigenvalue weighted by atomic mass is 9.90. The largest absolute Gasteiger partial charge is 0.390 e. The van der Waals surface area contributed by atoms with Crippen LogP contribution in [-0.4, -0.2) is 68.1 Å². The molecule has 1 aromatic carbocycles. The van der Waals surface area contributed by atoms with Crippen molar-refractivity contribution in [3.05, 3.63) is 36.4 Å². The fourth-order valence-corrected chi connectivity index (χ4v) is 4.95. The third-order valence-corrected chi connectivity index (χ3v) is 6.60. The first-order valence-corrected chi connectivity index (χ1v) is 11.2. The van der Waals surface area contributed by atoms with Crippen molar-refractivity contribution in [2.45, 2.75) is 44.4 Å². The number of hydrogen-bond donors (Lipinski definition) is 2. The molecular formula is C23H30N6O2. The van der Waals surface area contributed by atoms with E-state index >= 15 is 0 Å². The zero-order valence-electron chi connectivity index (χ0n) is 18.0. The van der Waals surface area contributed by atoms with Crippen molar-refractivity contribution in [2.24, 2.45) is 7.05 Å². The van der Waals surface area contributed by atoms with Crippen LogP contribution < -0.4 is 5.32 Å². The van der Waals surface area contributed by atoms with Crippen molar-refractivity contribution in [1.82, 2.24) is 24.6 Å². The SMILES string of the molecule is Cn1cc(-c2ccc3ncnc(NC4CCC(N5CCOCC5)CC4)c3c2)c(CO)n1. The smallest absolute Gasteiger partial charge is 0.137 e. The van der Waals surface area contributed by atoms with Crippen LogP contribution in [0.25, 0.3) is 22.0 Å². The molecule has 1 aliphatic carbocycles. The minimum Gasteiger partial charge on any atom is -0.390 e. The van der Waals surface area contributed by atoms with E-state index in [-0.39, 0.29) is 6.61 Å². The van der Waals surface area contributed by atoms with Crippen LogP contribution in [-0.2, 0) is 18.4 Å². The van der Waals surface area contributed by atoms with Gasteiger partial charge in [-0.15, -0.1) is 0 Å². The van der Waals surface area contributed by atoms with Gasteiger partial charge in [0.15, 0.2) is 0 Å². The first-order chi connectivity index (χ1) is 15.2. The molecule has 0 spiro atoms. The van der Waals surface area contributed by atoms with Crippen LogP contribution in [0.15, 0.2) is 30.7 Å². The number of benzene rings is 1. The normalized spacial score (nSPS) is 22.6. The molecule has 8 nitrogen and oxygen atoms in total. The van der Waals surface area contributed by atoms with Gasteiger partial charge in [-0.1, -0.05) is 6.07 Å². The number of aliphatic hydroxyl groups excluding tert-OH is 1. The van der Waals surface area contributed by atoms with Gasteiger partial charge in [0.05, 0.1) is 31.0 Å². The lowest BCUT2D eigenvalue weighted by Gasteiger charge is -2.39. The highest BCUT2D eigenvalue weighted by atomic mass is 16.5. The van der Waals surface area contributed by atoms with Crippen molar-refractivity contribution < 1.29 is 9.84 Å². The summed E-state index contributed by atoms with van der Waals surface area (Å²) in [5.74, 6) is 0.885. The highest BCUT2D eigenvalue weighted by Crippen LogP contribution is 2.31. The molecule has 1 aliphatic heterocycles. The Morgan fingerprint density at radius 1 is 1.13 bits per heavy atom. The van der Waals surface area contributed by atoms with E-state index < -0.39 is 0 Å². The van der Waals surface area contributed by atoms with Gasteiger partial charge in [0.1, 0.15) is 12.1 Å². The average molecular weight is 423 g/mol. The third-order valence-electron chi connectivity index (χ3n) is 6.60. The van der Waals surface area contributed by atoms with E-state index in [1.165, 1.54) is 12.8 Å². The van der Waals surface area contributed by atoms with Crippen LogP contribution >= 0.6 is 0 Å². The zero-order valence-corrected chi connectivity index (χ0v) is 18.0. The van der Waals surface area contributed by atoms with Gasteiger partial charge in [-0.25, -0.2) is 9.97 Å². The number of fused-ring (bicyclic) bond motifs is 1. The fourth-order valence-electron chi connectivity index (χ4n) is 4.95. The van der Waals surface area contributed by atoms with Crippen molar-refractivity contribution >= 4 is 16.7 Å². The molecular weight excluding hydrogens is 392 g/mol. The van der Waals surface area contributed by atoms with E-state index in [0.29, 0.717) is 17.8 Å². The number of nitrogens with zero attached hydrogens (tertiary/aromatic N) is 5. The molecule has 2 aromatic heterocycles. The summed E-state index contributed by atoms with van der Waals surface area (Å²) in [7, 11) is 1.87. The predicted octanol–water partition coefficient (Wildman–Crippen LogP) is 2.58. The standard InChI is InChI=1S/C23H30N6O2/c1-28-13-20(22(14-30)27-28)16-2-7-21-19(12-16)23(25-15-24-21)26-17-3-5-18(6-4-17)29-8-10-31-11-9-29/h2,7,12-13,15,17-18,30H,3-6,8-11,14H2,1H3,(H,24,25,26). The van der Waals surface area contributed by atoms with E-state index in [4.69, 9.17) is 4.74 Å². The predicted molar refractivity (Wildman–Crippen MR) is 120 cm³/mol. The number of aryl methyl sites for hydroxylation is 1. The maximum atomic E-state index is 9.67. The molecule has 0 bridgehead atoms. The summed E-state index contributed by atoms with van der Waals surface area (Å²) in [6.45, 7) is 3.76. The van der Waals surface area contributed by atoms with Crippen LogP contribution in [0.4, 0.5) is 5.82 Å². The molecule has 0 amide bonds. The number of morpholine rings is 1. The molecule has 31 heavy (non-hydrogen) atoms. The molecule has 1 saturated carbocycles. The second kappa shape index (κ2) is 8.90. The monoisotopic (exact) mass is 422 g/mol. The second-order valence-electron chi connectivity index (χ2n) is 8.57. The molecule has 1 saturated heterocycles.